The monoisotopic (exact) mass is 607 g/mol. The number of rotatable bonds is 4. The lowest BCUT2D eigenvalue weighted by Crippen LogP contribution is -1.99. The summed E-state index contributed by atoms with van der Waals surface area (Å²) < 4.78 is 0.951. The number of aromatic carboxylic acids is 1. The molecule has 0 aliphatic carbocycles. The molecule has 3 N–H and O–H groups in total. The Hall–Kier alpha value is -5.50. The summed E-state index contributed by atoms with van der Waals surface area (Å²) in [4.78, 5) is 43.4. The van der Waals surface area contributed by atoms with E-state index < -0.39 is 37.8 Å². The summed E-state index contributed by atoms with van der Waals surface area (Å²) in [5.41, 5.74) is 3.63. The van der Waals surface area contributed by atoms with Gasteiger partial charge in [0.1, 0.15) is 5.82 Å². The standard InChI is InChI=1S/C15H10O2.C6H3N3O6.C5H5BrN2/c16-15(17)14-12-7-3-1-5-10(12)9-11-6-2-4-8-13(11)14;10-7(11)4-1-5(8(12)13)3-6(2-4)9(14)15;6-4-1-2-5(7)8-3-4/h1-9H,(H,16,17);1-3H;1-3H,(H2,7,8). The van der Waals surface area contributed by atoms with Crippen molar-refractivity contribution in [2.75, 3.05) is 5.73 Å². The van der Waals surface area contributed by atoms with E-state index in [1.165, 1.54) is 0 Å². The normalized spacial score (nSPS) is 10.0. The van der Waals surface area contributed by atoms with Crippen LogP contribution in [0.4, 0.5) is 22.9 Å². The third kappa shape index (κ3) is 7.29. The van der Waals surface area contributed by atoms with E-state index >= 15 is 0 Å². The van der Waals surface area contributed by atoms with Crippen LogP contribution < -0.4 is 5.73 Å². The third-order valence-electron chi connectivity index (χ3n) is 5.26. The van der Waals surface area contributed by atoms with Gasteiger partial charge in [0.15, 0.2) is 0 Å². The van der Waals surface area contributed by atoms with Gasteiger partial charge in [0.05, 0.1) is 38.5 Å². The molecule has 0 spiro atoms. The molecular weight excluding hydrogens is 590 g/mol. The van der Waals surface area contributed by atoms with Crippen LogP contribution in [0, 0.1) is 30.3 Å². The average molecular weight is 608 g/mol. The van der Waals surface area contributed by atoms with Crippen LogP contribution in [0.3, 0.4) is 0 Å². The van der Waals surface area contributed by atoms with E-state index in [4.69, 9.17) is 5.73 Å². The number of hydrogen-bond donors (Lipinski definition) is 2. The van der Waals surface area contributed by atoms with E-state index in [2.05, 4.69) is 20.9 Å². The Kier molecular flexibility index (Phi) is 9.33. The Balaban J connectivity index is 0.000000176. The van der Waals surface area contributed by atoms with Gasteiger partial charge in [-0.2, -0.15) is 0 Å². The Bertz CT molecular complexity index is 1590. The summed E-state index contributed by atoms with van der Waals surface area (Å²) in [6.45, 7) is 0. The van der Waals surface area contributed by atoms with Crippen molar-refractivity contribution in [1.82, 2.24) is 4.98 Å². The molecule has 0 fully saturated rings. The number of pyridine rings is 1. The Morgan fingerprint density at radius 1 is 0.725 bits per heavy atom. The van der Waals surface area contributed by atoms with Crippen LogP contribution in [0.1, 0.15) is 10.4 Å². The second kappa shape index (κ2) is 12.8. The maximum Gasteiger partial charge on any atom is 0.336 e. The molecule has 0 atom stereocenters. The van der Waals surface area contributed by atoms with Gasteiger partial charge < -0.3 is 10.8 Å². The van der Waals surface area contributed by atoms with E-state index in [1.54, 1.807) is 12.3 Å². The van der Waals surface area contributed by atoms with Crippen molar-refractivity contribution >= 4 is 66.3 Å². The second-order valence-electron chi connectivity index (χ2n) is 7.88. The minimum Gasteiger partial charge on any atom is -0.478 e. The fourth-order valence-electron chi connectivity index (χ4n) is 3.53. The molecule has 0 saturated carbocycles. The highest BCUT2D eigenvalue weighted by atomic mass is 79.9. The molecule has 0 amide bonds. The number of nitrogen functional groups attached to an aromatic ring is 1. The van der Waals surface area contributed by atoms with Crippen LogP contribution in [-0.4, -0.2) is 30.8 Å². The maximum absolute atomic E-state index is 11.4. The van der Waals surface area contributed by atoms with Gasteiger partial charge in [-0.05, 0) is 55.7 Å². The van der Waals surface area contributed by atoms with Crippen molar-refractivity contribution in [3.63, 3.8) is 0 Å². The third-order valence-corrected chi connectivity index (χ3v) is 5.72. The number of aromatic nitrogens is 1. The van der Waals surface area contributed by atoms with E-state index in [9.17, 15) is 40.2 Å². The second-order valence-corrected chi connectivity index (χ2v) is 8.79. The Labute approximate surface area is 233 Å². The van der Waals surface area contributed by atoms with Gasteiger partial charge in [-0.1, -0.05) is 48.5 Å². The fourth-order valence-corrected chi connectivity index (χ4v) is 3.76. The lowest BCUT2D eigenvalue weighted by Gasteiger charge is -2.07. The molecule has 14 heteroatoms. The summed E-state index contributed by atoms with van der Waals surface area (Å²) in [5, 5.41) is 43.8. The van der Waals surface area contributed by atoms with Crippen molar-refractivity contribution in [1.29, 1.82) is 0 Å². The van der Waals surface area contributed by atoms with Gasteiger partial charge in [0, 0.05) is 10.7 Å². The van der Waals surface area contributed by atoms with Crippen molar-refractivity contribution in [2.24, 2.45) is 0 Å². The molecule has 40 heavy (non-hydrogen) atoms. The smallest absolute Gasteiger partial charge is 0.336 e. The van der Waals surface area contributed by atoms with Crippen LogP contribution >= 0.6 is 15.9 Å². The first kappa shape index (κ1) is 29.1. The number of fused-ring (bicyclic) bond motifs is 2. The Morgan fingerprint density at radius 3 is 1.48 bits per heavy atom. The van der Waals surface area contributed by atoms with Gasteiger partial charge >= 0.3 is 5.97 Å². The van der Waals surface area contributed by atoms with E-state index in [1.807, 2.05) is 60.7 Å². The van der Waals surface area contributed by atoms with Crippen molar-refractivity contribution in [3.8, 4) is 0 Å². The van der Waals surface area contributed by atoms with E-state index in [-0.39, 0.29) is 0 Å². The van der Waals surface area contributed by atoms with Crippen LogP contribution in [-0.2, 0) is 0 Å². The Morgan fingerprint density at radius 2 is 1.15 bits per heavy atom. The van der Waals surface area contributed by atoms with Gasteiger partial charge in [-0.3, -0.25) is 30.3 Å². The summed E-state index contributed by atoms with van der Waals surface area (Å²) in [5.74, 6) is -0.328. The van der Waals surface area contributed by atoms with Crippen LogP contribution in [0.25, 0.3) is 21.5 Å². The minimum atomic E-state index is -0.931. The first-order chi connectivity index (χ1) is 19.0. The van der Waals surface area contributed by atoms with Gasteiger partial charge in [0.25, 0.3) is 17.1 Å². The molecule has 0 bridgehead atoms. The van der Waals surface area contributed by atoms with Crippen LogP contribution in [0.5, 0.6) is 0 Å². The van der Waals surface area contributed by atoms with Gasteiger partial charge in [0.2, 0.25) is 0 Å². The topological polar surface area (TPSA) is 206 Å². The predicted octanol–water partition coefficient (Wildman–Crippen LogP) is 6.53. The molecule has 0 aliphatic heterocycles. The summed E-state index contributed by atoms with van der Waals surface area (Å²) in [6.07, 6.45) is 1.66. The predicted molar refractivity (Wildman–Crippen MR) is 151 cm³/mol. The van der Waals surface area contributed by atoms with Crippen LogP contribution in [0.2, 0.25) is 0 Å². The number of hydrogen-bond acceptors (Lipinski definition) is 9. The van der Waals surface area contributed by atoms with Crippen molar-refractivity contribution in [3.05, 3.63) is 132 Å². The first-order valence-electron chi connectivity index (χ1n) is 11.1. The first-order valence-corrected chi connectivity index (χ1v) is 11.9. The molecule has 5 aromatic rings. The zero-order chi connectivity index (χ0) is 29.4. The number of carboxylic acids is 1. The molecule has 202 valence electrons. The molecule has 0 unspecified atom stereocenters. The number of anilines is 1. The van der Waals surface area contributed by atoms with Gasteiger partial charge in [-0.25, -0.2) is 9.78 Å². The van der Waals surface area contributed by atoms with Crippen molar-refractivity contribution in [2.45, 2.75) is 0 Å². The fraction of sp³-hybridized carbons (Fsp3) is 0. The summed E-state index contributed by atoms with van der Waals surface area (Å²) in [6, 6.07) is 22.7. The maximum atomic E-state index is 11.4. The highest BCUT2D eigenvalue weighted by Crippen LogP contribution is 2.28. The largest absolute Gasteiger partial charge is 0.478 e. The molecule has 1 aromatic heterocycles. The number of carbonyl (C=O) groups is 1. The minimum absolute atomic E-state index is 0.388. The number of nitrogens with zero attached hydrogens (tertiary/aromatic N) is 4. The average Bonchev–Trinajstić information content (AvgIpc) is 2.93. The van der Waals surface area contributed by atoms with E-state index in [0.29, 0.717) is 29.6 Å². The van der Waals surface area contributed by atoms with E-state index in [0.717, 1.165) is 26.0 Å². The number of nitrogens with two attached hydrogens (primary N) is 1. The lowest BCUT2D eigenvalue weighted by molar-refractivity contribution is -0.403. The van der Waals surface area contributed by atoms with Crippen molar-refractivity contribution < 1.29 is 24.7 Å². The number of carboxylic acid groups (broad SMARTS) is 1. The molecule has 0 saturated heterocycles. The SMILES string of the molecule is Nc1ccc(Br)cn1.O=C(O)c1c2ccccc2cc2ccccc12.O=[N+]([O-])c1cc([N+](=O)[O-])cc([N+](=O)[O-])c1. The molecule has 1 heterocycles. The zero-order valence-corrected chi connectivity index (χ0v) is 21.8. The number of benzene rings is 4. The summed E-state index contributed by atoms with van der Waals surface area (Å²) in [7, 11) is 0. The number of nitro benzene ring substituents is 3. The zero-order valence-electron chi connectivity index (χ0n) is 20.2. The molecule has 13 nitrogen and oxygen atoms in total. The molecular formula is C26H18BrN5O8. The lowest BCUT2D eigenvalue weighted by atomic mass is 9.97. The van der Waals surface area contributed by atoms with Crippen LogP contribution in [0.15, 0.2) is 95.6 Å². The van der Waals surface area contributed by atoms with Gasteiger partial charge in [-0.15, -0.1) is 0 Å². The summed E-state index contributed by atoms with van der Waals surface area (Å²) >= 11 is 3.23. The molecule has 0 radical (unpaired) electrons. The molecule has 0 aliphatic rings. The number of non-ortho nitro benzene ring substituents is 3. The highest BCUT2D eigenvalue weighted by Gasteiger charge is 2.21. The number of halogens is 1. The number of nitro groups is 3. The molecule has 4 aromatic carbocycles. The quantitative estimate of drug-likeness (QED) is 0.128. The highest BCUT2D eigenvalue weighted by molar-refractivity contribution is 9.10. The molecule has 5 rings (SSSR count).